The fraction of sp³-hybridized carbons (Fsp3) is 0.667. The number of hydrogen-bond acceptors (Lipinski definition) is 1. The summed E-state index contributed by atoms with van der Waals surface area (Å²) in [6.07, 6.45) is 1.89. The summed E-state index contributed by atoms with van der Waals surface area (Å²) < 4.78 is 0. The molecule has 0 radical (unpaired) electrons. The number of carbonyl (C=O) groups is 1. The van der Waals surface area contributed by atoms with Gasteiger partial charge in [-0.25, -0.2) is 0 Å². The van der Waals surface area contributed by atoms with Gasteiger partial charge in [-0.2, -0.15) is 0 Å². The molecule has 0 saturated carbocycles. The average Bonchev–Trinajstić information content (AvgIpc) is 2.40. The first-order valence-corrected chi connectivity index (χ1v) is 11.2. The summed E-state index contributed by atoms with van der Waals surface area (Å²) in [5, 5.41) is 2.95. The van der Waals surface area contributed by atoms with Gasteiger partial charge in [-0.1, -0.05) is 73.5 Å². The maximum absolute atomic E-state index is 11.6. The summed E-state index contributed by atoms with van der Waals surface area (Å²) in [6, 6.07) is 0. The fourth-order valence-electron chi connectivity index (χ4n) is 3.46. The molecule has 0 saturated heterocycles. The van der Waals surface area contributed by atoms with Gasteiger partial charge in [-0.15, -0.1) is 5.54 Å². The van der Waals surface area contributed by atoms with Crippen LogP contribution in [0.2, 0.25) is 16.6 Å². The average molecular weight is 348 g/mol. The van der Waals surface area contributed by atoms with Crippen LogP contribution in [0.15, 0.2) is 23.9 Å². The lowest BCUT2D eigenvalue weighted by Gasteiger charge is -2.38. The van der Waals surface area contributed by atoms with Crippen molar-refractivity contribution in [3.8, 4) is 11.5 Å². The van der Waals surface area contributed by atoms with Crippen molar-refractivity contribution in [2.45, 2.75) is 85.9 Å². The van der Waals surface area contributed by atoms with Gasteiger partial charge in [0.2, 0.25) is 5.91 Å². The van der Waals surface area contributed by atoms with Gasteiger partial charge < -0.3 is 5.32 Å². The van der Waals surface area contributed by atoms with Gasteiger partial charge >= 0.3 is 0 Å². The smallest absolute Gasteiger partial charge is 0.221 e. The second-order valence-electron chi connectivity index (χ2n) is 8.31. The Morgan fingerprint density at radius 3 is 1.75 bits per heavy atom. The summed E-state index contributed by atoms with van der Waals surface area (Å²) in [5.74, 6) is 3.26. The van der Waals surface area contributed by atoms with Gasteiger partial charge in [0.25, 0.3) is 0 Å². The van der Waals surface area contributed by atoms with E-state index >= 15 is 0 Å². The van der Waals surface area contributed by atoms with Crippen LogP contribution in [-0.2, 0) is 4.79 Å². The highest BCUT2D eigenvalue weighted by molar-refractivity contribution is 6.90. The predicted octanol–water partition coefficient (Wildman–Crippen LogP) is 5.83. The molecule has 0 atom stereocenters. The summed E-state index contributed by atoms with van der Waals surface area (Å²) in [4.78, 5) is 11.6. The fourth-order valence-corrected chi connectivity index (χ4v) is 8.65. The number of allylic oxidation sites excluding steroid dienone is 2. The van der Waals surface area contributed by atoms with Crippen LogP contribution < -0.4 is 5.32 Å². The molecule has 136 valence electrons. The number of amides is 1. The van der Waals surface area contributed by atoms with Crippen LogP contribution in [-0.4, -0.2) is 14.0 Å². The Bertz CT molecular complexity index is 534. The topological polar surface area (TPSA) is 29.1 Å². The van der Waals surface area contributed by atoms with Gasteiger partial charge in [-0.05, 0) is 23.5 Å². The van der Waals surface area contributed by atoms with Crippen molar-refractivity contribution in [3.63, 3.8) is 0 Å². The van der Waals surface area contributed by atoms with Crippen LogP contribution in [0.1, 0.15) is 69.2 Å². The summed E-state index contributed by atoms with van der Waals surface area (Å²) in [6.45, 7) is 25.5. The molecule has 0 unspecified atom stereocenters. The zero-order chi connectivity index (χ0) is 19.3. The van der Waals surface area contributed by atoms with Gasteiger partial charge in [0.1, 0.15) is 8.07 Å². The van der Waals surface area contributed by atoms with Crippen molar-refractivity contribution in [2.75, 3.05) is 0 Å². The zero-order valence-corrected chi connectivity index (χ0v) is 18.4. The van der Waals surface area contributed by atoms with E-state index in [-0.39, 0.29) is 11.3 Å². The molecule has 0 aromatic carbocycles. The lowest BCUT2D eigenvalue weighted by Crippen LogP contribution is -2.43. The molecule has 3 heteroatoms. The lowest BCUT2D eigenvalue weighted by atomic mass is 9.82. The quantitative estimate of drug-likeness (QED) is 0.365. The first kappa shape index (κ1) is 22.7. The molecule has 0 heterocycles. The largest absolute Gasteiger partial charge is 0.329 e. The van der Waals surface area contributed by atoms with Crippen LogP contribution in [0.3, 0.4) is 0 Å². The molecule has 0 aromatic heterocycles. The number of rotatable bonds is 6. The highest BCUT2D eigenvalue weighted by Gasteiger charge is 2.41. The second kappa shape index (κ2) is 8.71. The molecule has 0 aliphatic carbocycles. The molecule has 24 heavy (non-hydrogen) atoms. The van der Waals surface area contributed by atoms with Crippen LogP contribution in [0, 0.1) is 16.9 Å². The van der Waals surface area contributed by atoms with Gasteiger partial charge in [0, 0.05) is 24.1 Å². The third-order valence-corrected chi connectivity index (χ3v) is 11.7. The molecule has 2 nitrogen and oxygen atoms in total. The van der Waals surface area contributed by atoms with Gasteiger partial charge in [0.05, 0.1) is 0 Å². The minimum absolute atomic E-state index is 0.0718. The number of carbonyl (C=O) groups excluding carboxylic acids is 1. The Labute approximate surface area is 151 Å². The Morgan fingerprint density at radius 1 is 1.04 bits per heavy atom. The van der Waals surface area contributed by atoms with Crippen molar-refractivity contribution in [1.29, 1.82) is 0 Å². The molecule has 0 rings (SSSR count). The Morgan fingerprint density at radius 2 is 1.46 bits per heavy atom. The molecule has 1 amide bonds. The maximum atomic E-state index is 11.6. The molecule has 0 aromatic rings. The SMILES string of the molecule is C=C(C)C(C)(C)/C(=C/C#C[Si](C(C)C)(C(C)C)C(C)C)NC(C)=O. The molecule has 1 N–H and O–H groups in total. The van der Waals surface area contributed by atoms with E-state index in [1.807, 2.05) is 13.0 Å². The molecule has 0 aliphatic rings. The molecular formula is C21H37NOSi. The van der Waals surface area contributed by atoms with Crippen LogP contribution in [0.25, 0.3) is 0 Å². The predicted molar refractivity (Wildman–Crippen MR) is 109 cm³/mol. The van der Waals surface area contributed by atoms with E-state index in [9.17, 15) is 4.79 Å². The van der Waals surface area contributed by atoms with E-state index in [1.54, 1.807) is 0 Å². The van der Waals surface area contributed by atoms with Gasteiger partial charge in [-0.3, -0.25) is 4.79 Å². The summed E-state index contributed by atoms with van der Waals surface area (Å²) in [5.41, 5.74) is 6.99. The second-order valence-corrected chi connectivity index (χ2v) is 13.9. The van der Waals surface area contributed by atoms with E-state index in [0.717, 1.165) is 11.3 Å². The number of nitrogens with one attached hydrogen (secondary N) is 1. The van der Waals surface area contributed by atoms with Crippen LogP contribution >= 0.6 is 0 Å². The van der Waals surface area contributed by atoms with E-state index < -0.39 is 8.07 Å². The van der Waals surface area contributed by atoms with E-state index in [2.05, 4.69) is 78.7 Å². The van der Waals surface area contributed by atoms with Crippen LogP contribution in [0.5, 0.6) is 0 Å². The Balaban J connectivity index is 6.07. The maximum Gasteiger partial charge on any atom is 0.221 e. The Kier molecular flexibility index (Phi) is 8.25. The van der Waals surface area contributed by atoms with Crippen molar-refractivity contribution >= 4 is 14.0 Å². The monoisotopic (exact) mass is 347 g/mol. The molecule has 0 fully saturated rings. The minimum atomic E-state index is -1.76. The zero-order valence-electron chi connectivity index (χ0n) is 17.4. The number of hydrogen-bond donors (Lipinski definition) is 1. The van der Waals surface area contributed by atoms with E-state index in [4.69, 9.17) is 0 Å². The van der Waals surface area contributed by atoms with Crippen molar-refractivity contribution in [2.24, 2.45) is 5.41 Å². The normalized spacial score (nSPS) is 13.1. The molecular weight excluding hydrogens is 310 g/mol. The molecule has 0 spiro atoms. The first-order chi connectivity index (χ1) is 10.8. The third-order valence-electron chi connectivity index (χ3n) is 5.42. The highest BCUT2D eigenvalue weighted by Crippen LogP contribution is 2.40. The standard InChI is InChI=1S/C21H37NOSi/c1-15(2)21(10,11)20(22-19(9)23)13-12-14-24(16(3)4,17(5)6)18(7)8/h13,16-18H,1H2,2-11H3,(H,22,23)/b20-13-. The third kappa shape index (κ3) is 5.11. The summed E-state index contributed by atoms with van der Waals surface area (Å²) >= 11 is 0. The first-order valence-electron chi connectivity index (χ1n) is 8.97. The minimum Gasteiger partial charge on any atom is -0.329 e. The highest BCUT2D eigenvalue weighted by atomic mass is 28.3. The lowest BCUT2D eigenvalue weighted by molar-refractivity contribution is -0.118. The molecule has 0 bridgehead atoms. The van der Waals surface area contributed by atoms with Crippen molar-refractivity contribution in [3.05, 3.63) is 23.9 Å². The van der Waals surface area contributed by atoms with E-state index in [0.29, 0.717) is 16.6 Å². The van der Waals surface area contributed by atoms with E-state index in [1.165, 1.54) is 6.92 Å². The molecule has 0 aliphatic heterocycles. The summed E-state index contributed by atoms with van der Waals surface area (Å²) in [7, 11) is -1.76. The van der Waals surface area contributed by atoms with Crippen LogP contribution in [0.4, 0.5) is 0 Å². The van der Waals surface area contributed by atoms with Crippen molar-refractivity contribution < 1.29 is 4.79 Å². The van der Waals surface area contributed by atoms with Crippen molar-refractivity contribution in [1.82, 2.24) is 5.32 Å². The van der Waals surface area contributed by atoms with Gasteiger partial charge in [0.15, 0.2) is 0 Å². The Hall–Kier alpha value is -1.27.